The zero-order valence-electron chi connectivity index (χ0n) is 19.0. The lowest BCUT2D eigenvalue weighted by Crippen LogP contribution is -2.44. The van der Waals surface area contributed by atoms with Crippen LogP contribution in [0.3, 0.4) is 0 Å². The van der Waals surface area contributed by atoms with Crippen LogP contribution in [0.25, 0.3) is 5.69 Å². The molecule has 4 rings (SSSR count). The maximum absolute atomic E-state index is 13.0. The molecule has 8 nitrogen and oxygen atoms in total. The average molecular weight is 448 g/mol. The van der Waals surface area contributed by atoms with Crippen LogP contribution in [0.2, 0.25) is 0 Å². The van der Waals surface area contributed by atoms with Crippen molar-refractivity contribution < 1.29 is 14.3 Å². The van der Waals surface area contributed by atoms with Gasteiger partial charge in [0.15, 0.2) is 5.69 Å². The van der Waals surface area contributed by atoms with Crippen molar-refractivity contribution in [2.45, 2.75) is 19.8 Å². The summed E-state index contributed by atoms with van der Waals surface area (Å²) in [7, 11) is 1.62. The van der Waals surface area contributed by atoms with Crippen molar-refractivity contribution in [2.75, 3.05) is 32.1 Å². The molecular weight excluding hydrogens is 418 g/mol. The van der Waals surface area contributed by atoms with Crippen molar-refractivity contribution in [1.29, 1.82) is 0 Å². The maximum atomic E-state index is 13.0. The smallest absolute Gasteiger partial charge is 0.319 e. The molecule has 3 aromatic rings. The predicted octanol–water partition coefficient (Wildman–Crippen LogP) is 3.86. The summed E-state index contributed by atoms with van der Waals surface area (Å²) in [5.74, 6) is 0.883. The quantitative estimate of drug-likeness (QED) is 0.601. The van der Waals surface area contributed by atoms with Gasteiger partial charge in [0.2, 0.25) is 0 Å². The molecule has 2 aromatic carbocycles. The van der Waals surface area contributed by atoms with Gasteiger partial charge in [-0.1, -0.05) is 17.7 Å². The van der Waals surface area contributed by atoms with Gasteiger partial charge in [-0.3, -0.25) is 4.79 Å². The third-order valence-corrected chi connectivity index (χ3v) is 5.81. The van der Waals surface area contributed by atoms with Crippen molar-refractivity contribution in [3.8, 4) is 11.4 Å². The second-order valence-electron chi connectivity index (χ2n) is 8.30. The lowest BCUT2D eigenvalue weighted by Gasteiger charge is -2.32. The van der Waals surface area contributed by atoms with Crippen molar-refractivity contribution >= 4 is 17.6 Å². The lowest BCUT2D eigenvalue weighted by atomic mass is 9.98. The van der Waals surface area contributed by atoms with E-state index in [1.54, 1.807) is 24.1 Å². The molecule has 0 bridgehead atoms. The third-order valence-electron chi connectivity index (χ3n) is 5.81. The first-order chi connectivity index (χ1) is 16.0. The van der Waals surface area contributed by atoms with E-state index < -0.39 is 0 Å². The summed E-state index contributed by atoms with van der Waals surface area (Å²) in [6, 6.07) is 16.7. The van der Waals surface area contributed by atoms with E-state index in [0.717, 1.165) is 35.5 Å². The van der Waals surface area contributed by atoms with Crippen molar-refractivity contribution in [2.24, 2.45) is 5.92 Å². The Bertz CT molecular complexity index is 1090. The molecule has 0 radical (unpaired) electrons. The molecule has 8 heteroatoms. The van der Waals surface area contributed by atoms with Crippen LogP contribution >= 0.6 is 0 Å². The number of aryl methyl sites for hydroxylation is 1. The minimum absolute atomic E-state index is 0.0870. The highest BCUT2D eigenvalue weighted by Crippen LogP contribution is 2.19. The zero-order chi connectivity index (χ0) is 23.2. The van der Waals surface area contributed by atoms with Crippen LogP contribution in [0.4, 0.5) is 10.5 Å². The second-order valence-corrected chi connectivity index (χ2v) is 8.30. The molecule has 0 spiro atoms. The number of hydrogen-bond acceptors (Lipinski definition) is 4. The van der Waals surface area contributed by atoms with Gasteiger partial charge in [0.1, 0.15) is 5.75 Å². The topological polar surface area (TPSA) is 88.5 Å². The number of anilines is 1. The SMILES string of the molecule is COc1ccc(-n2ccc(C(=O)N3CCCC(CNC(=O)Nc4ccc(C)cc4)C3)n2)cc1. The number of urea groups is 1. The second kappa shape index (κ2) is 10.2. The lowest BCUT2D eigenvalue weighted by molar-refractivity contribution is 0.0668. The molecule has 1 unspecified atom stereocenters. The summed E-state index contributed by atoms with van der Waals surface area (Å²) in [6.45, 7) is 3.81. The fraction of sp³-hybridized carbons (Fsp3) is 0.320. The van der Waals surface area contributed by atoms with E-state index in [4.69, 9.17) is 4.74 Å². The molecule has 0 aliphatic carbocycles. The number of ether oxygens (including phenoxy) is 1. The monoisotopic (exact) mass is 447 g/mol. The van der Waals surface area contributed by atoms with E-state index in [9.17, 15) is 9.59 Å². The van der Waals surface area contributed by atoms with Crippen LogP contribution in [0.15, 0.2) is 60.8 Å². The van der Waals surface area contributed by atoms with Crippen LogP contribution < -0.4 is 15.4 Å². The molecule has 1 fully saturated rings. The van der Waals surface area contributed by atoms with Crippen LogP contribution in [0.1, 0.15) is 28.9 Å². The van der Waals surface area contributed by atoms with Crippen molar-refractivity contribution in [3.05, 3.63) is 72.1 Å². The van der Waals surface area contributed by atoms with Crippen molar-refractivity contribution in [1.82, 2.24) is 20.0 Å². The number of amides is 3. The van der Waals surface area contributed by atoms with Gasteiger partial charge in [-0.15, -0.1) is 0 Å². The minimum atomic E-state index is -0.236. The van der Waals surface area contributed by atoms with Gasteiger partial charge >= 0.3 is 6.03 Å². The van der Waals surface area contributed by atoms with Crippen LogP contribution in [0.5, 0.6) is 5.75 Å². The molecule has 33 heavy (non-hydrogen) atoms. The Balaban J connectivity index is 1.30. The predicted molar refractivity (Wildman–Crippen MR) is 127 cm³/mol. The molecule has 1 aliphatic heterocycles. The van der Waals surface area contributed by atoms with Gasteiger partial charge in [-0.2, -0.15) is 5.10 Å². The summed E-state index contributed by atoms with van der Waals surface area (Å²) < 4.78 is 6.87. The highest BCUT2D eigenvalue weighted by atomic mass is 16.5. The number of likely N-dealkylation sites (tertiary alicyclic amines) is 1. The van der Waals surface area contributed by atoms with Crippen LogP contribution in [-0.4, -0.2) is 53.4 Å². The Labute approximate surface area is 193 Å². The maximum Gasteiger partial charge on any atom is 0.319 e. The van der Waals surface area contributed by atoms with Gasteiger partial charge in [0.25, 0.3) is 5.91 Å². The van der Waals surface area contributed by atoms with Gasteiger partial charge in [0.05, 0.1) is 12.8 Å². The molecule has 1 aromatic heterocycles. The molecule has 2 N–H and O–H groups in total. The van der Waals surface area contributed by atoms with Crippen LogP contribution in [-0.2, 0) is 0 Å². The summed E-state index contributed by atoms with van der Waals surface area (Å²) in [4.78, 5) is 27.1. The number of rotatable bonds is 6. The number of hydrogen-bond donors (Lipinski definition) is 2. The molecule has 0 saturated carbocycles. The Hall–Kier alpha value is -3.81. The summed E-state index contributed by atoms with van der Waals surface area (Å²) >= 11 is 0. The van der Waals surface area contributed by atoms with Gasteiger partial charge < -0.3 is 20.3 Å². The largest absolute Gasteiger partial charge is 0.497 e. The number of methoxy groups -OCH3 is 1. The number of carbonyl (C=O) groups excluding carboxylic acids is 2. The molecule has 172 valence electrons. The number of benzene rings is 2. The Morgan fingerprint density at radius 1 is 1.09 bits per heavy atom. The van der Waals surface area contributed by atoms with Crippen LogP contribution in [0, 0.1) is 12.8 Å². The molecular formula is C25H29N5O3. The number of carbonyl (C=O) groups is 2. The summed E-state index contributed by atoms with van der Waals surface area (Å²) in [6.07, 6.45) is 3.65. The zero-order valence-corrected chi connectivity index (χ0v) is 19.0. The minimum Gasteiger partial charge on any atom is -0.497 e. The molecule has 1 aliphatic rings. The highest BCUT2D eigenvalue weighted by molar-refractivity contribution is 5.92. The third kappa shape index (κ3) is 5.71. The normalized spacial score (nSPS) is 15.7. The number of nitrogens with one attached hydrogen (secondary N) is 2. The molecule has 2 heterocycles. The number of aromatic nitrogens is 2. The van der Waals surface area contributed by atoms with E-state index in [2.05, 4.69) is 15.7 Å². The summed E-state index contributed by atoms with van der Waals surface area (Å²) in [5, 5.41) is 10.2. The Kier molecular flexibility index (Phi) is 6.92. The van der Waals surface area contributed by atoms with Gasteiger partial charge in [0, 0.05) is 31.5 Å². The van der Waals surface area contributed by atoms with Gasteiger partial charge in [-0.05, 0) is 68.1 Å². The fourth-order valence-electron chi connectivity index (χ4n) is 3.94. The number of nitrogens with zero attached hydrogens (tertiary/aromatic N) is 3. The van der Waals surface area contributed by atoms with E-state index in [1.165, 1.54) is 0 Å². The first-order valence-corrected chi connectivity index (χ1v) is 11.1. The van der Waals surface area contributed by atoms with Crippen molar-refractivity contribution in [3.63, 3.8) is 0 Å². The Morgan fingerprint density at radius 2 is 1.85 bits per heavy atom. The fourth-order valence-corrected chi connectivity index (χ4v) is 3.94. The molecule has 3 amide bonds. The van der Waals surface area contributed by atoms with E-state index >= 15 is 0 Å². The Morgan fingerprint density at radius 3 is 2.58 bits per heavy atom. The van der Waals surface area contributed by atoms with Gasteiger partial charge in [-0.25, -0.2) is 9.48 Å². The van der Waals surface area contributed by atoms with E-state index in [0.29, 0.717) is 25.3 Å². The first-order valence-electron chi connectivity index (χ1n) is 11.1. The van der Waals surface area contributed by atoms with E-state index in [-0.39, 0.29) is 17.9 Å². The molecule has 1 saturated heterocycles. The standard InChI is InChI=1S/C25H29N5O3/c1-18-5-7-20(8-6-18)27-25(32)26-16-19-4-3-14-29(17-19)24(31)23-13-15-30(28-23)21-9-11-22(33-2)12-10-21/h5-13,15,19H,3-4,14,16-17H2,1-2H3,(H2,26,27,32). The first kappa shape index (κ1) is 22.4. The average Bonchev–Trinajstić information content (AvgIpc) is 3.34. The van der Waals surface area contributed by atoms with E-state index in [1.807, 2.05) is 60.4 Å². The highest BCUT2D eigenvalue weighted by Gasteiger charge is 2.26. The molecule has 1 atom stereocenters. The summed E-state index contributed by atoms with van der Waals surface area (Å²) in [5.41, 5.74) is 3.17. The number of piperidine rings is 1.